The standard InChI is InChI=1S/C24H18FN3O/c1-28-23-12-5-4-11-22(23)27-24(28)19(15-26)13-17-7-6-9-20(14-17)29-16-18-8-2-3-10-21(18)25/h2-14H,16H2,1H3. The smallest absolute Gasteiger partial charge is 0.151 e. The van der Waals surface area contributed by atoms with Gasteiger partial charge in [-0.25, -0.2) is 9.37 Å². The van der Waals surface area contributed by atoms with Crippen LogP contribution in [0.4, 0.5) is 4.39 Å². The first-order chi connectivity index (χ1) is 14.2. The molecule has 142 valence electrons. The minimum atomic E-state index is -0.294. The lowest BCUT2D eigenvalue weighted by Gasteiger charge is -2.08. The highest BCUT2D eigenvalue weighted by Gasteiger charge is 2.12. The van der Waals surface area contributed by atoms with Crippen molar-refractivity contribution in [1.82, 2.24) is 9.55 Å². The molecule has 0 bridgehead atoms. The first-order valence-corrected chi connectivity index (χ1v) is 9.15. The lowest BCUT2D eigenvalue weighted by molar-refractivity contribution is 0.300. The topological polar surface area (TPSA) is 50.8 Å². The number of ether oxygens (including phenoxy) is 1. The van der Waals surface area contributed by atoms with Crippen LogP contribution in [0.1, 0.15) is 17.0 Å². The van der Waals surface area contributed by atoms with Gasteiger partial charge in [0.15, 0.2) is 5.82 Å². The van der Waals surface area contributed by atoms with Crippen LogP contribution in [0.25, 0.3) is 22.7 Å². The molecule has 0 amide bonds. The molecule has 0 radical (unpaired) electrons. The molecule has 0 saturated carbocycles. The summed E-state index contributed by atoms with van der Waals surface area (Å²) in [7, 11) is 1.89. The van der Waals surface area contributed by atoms with Crippen LogP contribution in [-0.2, 0) is 13.7 Å². The van der Waals surface area contributed by atoms with Crippen molar-refractivity contribution < 1.29 is 9.13 Å². The fourth-order valence-corrected chi connectivity index (χ4v) is 3.17. The van der Waals surface area contributed by atoms with Crippen molar-refractivity contribution in [2.75, 3.05) is 0 Å². The van der Waals surface area contributed by atoms with Gasteiger partial charge in [0.25, 0.3) is 0 Å². The van der Waals surface area contributed by atoms with E-state index in [1.807, 2.05) is 54.1 Å². The molecule has 0 spiro atoms. The SMILES string of the molecule is Cn1c(C(C#N)=Cc2cccc(OCc3ccccc3F)c2)nc2ccccc21. The molecule has 0 fully saturated rings. The summed E-state index contributed by atoms with van der Waals surface area (Å²) >= 11 is 0. The van der Waals surface area contributed by atoms with Crippen LogP contribution in [0.15, 0.2) is 72.8 Å². The largest absolute Gasteiger partial charge is 0.489 e. The van der Waals surface area contributed by atoms with Crippen molar-refractivity contribution in [3.8, 4) is 11.8 Å². The number of para-hydroxylation sites is 2. The van der Waals surface area contributed by atoms with Gasteiger partial charge in [0.05, 0.1) is 16.6 Å². The zero-order valence-corrected chi connectivity index (χ0v) is 15.8. The van der Waals surface area contributed by atoms with E-state index in [1.54, 1.807) is 30.3 Å². The van der Waals surface area contributed by atoms with E-state index < -0.39 is 0 Å². The number of rotatable bonds is 5. The third-order valence-electron chi connectivity index (χ3n) is 4.67. The molecule has 5 heteroatoms. The number of aromatic nitrogens is 2. The first-order valence-electron chi connectivity index (χ1n) is 9.15. The van der Waals surface area contributed by atoms with E-state index in [-0.39, 0.29) is 12.4 Å². The van der Waals surface area contributed by atoms with Gasteiger partial charge in [-0.1, -0.05) is 42.5 Å². The number of fused-ring (bicyclic) bond motifs is 1. The van der Waals surface area contributed by atoms with Gasteiger partial charge in [0.2, 0.25) is 0 Å². The molecule has 0 unspecified atom stereocenters. The van der Waals surface area contributed by atoms with E-state index in [9.17, 15) is 9.65 Å². The Morgan fingerprint density at radius 3 is 2.69 bits per heavy atom. The number of nitriles is 1. The van der Waals surface area contributed by atoms with E-state index in [4.69, 9.17) is 4.74 Å². The summed E-state index contributed by atoms with van der Waals surface area (Å²) in [4.78, 5) is 4.59. The number of aryl methyl sites for hydroxylation is 1. The maximum absolute atomic E-state index is 13.8. The Kier molecular flexibility index (Phi) is 5.08. The fourth-order valence-electron chi connectivity index (χ4n) is 3.17. The molecular formula is C24H18FN3O. The molecule has 3 aromatic carbocycles. The summed E-state index contributed by atoms with van der Waals surface area (Å²) in [5.74, 6) is 0.910. The zero-order chi connectivity index (χ0) is 20.2. The second-order valence-corrected chi connectivity index (χ2v) is 6.61. The van der Waals surface area contributed by atoms with Gasteiger partial charge in [-0.05, 0) is 42.0 Å². The fraction of sp³-hybridized carbons (Fsp3) is 0.0833. The van der Waals surface area contributed by atoms with Gasteiger partial charge in [-0.3, -0.25) is 0 Å². The highest BCUT2D eigenvalue weighted by Crippen LogP contribution is 2.24. The average Bonchev–Trinajstić information content (AvgIpc) is 3.08. The quantitative estimate of drug-likeness (QED) is 0.436. The summed E-state index contributed by atoms with van der Waals surface area (Å²) in [6.07, 6.45) is 1.77. The predicted octanol–water partition coefficient (Wildman–Crippen LogP) is 5.36. The minimum absolute atomic E-state index is 0.135. The predicted molar refractivity (Wildman–Crippen MR) is 111 cm³/mol. The molecule has 4 aromatic rings. The number of imidazole rings is 1. The number of nitrogens with zero attached hydrogens (tertiary/aromatic N) is 3. The minimum Gasteiger partial charge on any atom is -0.489 e. The summed E-state index contributed by atoms with van der Waals surface area (Å²) in [6, 6.07) is 23.9. The van der Waals surface area contributed by atoms with Crippen LogP contribution in [0.3, 0.4) is 0 Å². The molecule has 4 nitrogen and oxygen atoms in total. The second-order valence-electron chi connectivity index (χ2n) is 6.61. The van der Waals surface area contributed by atoms with Gasteiger partial charge in [0, 0.05) is 12.6 Å². The van der Waals surface area contributed by atoms with Crippen molar-refractivity contribution in [2.45, 2.75) is 6.61 Å². The highest BCUT2D eigenvalue weighted by atomic mass is 19.1. The molecule has 1 aromatic heterocycles. The van der Waals surface area contributed by atoms with Gasteiger partial charge < -0.3 is 9.30 Å². The molecule has 0 saturated heterocycles. The normalized spacial score (nSPS) is 11.4. The van der Waals surface area contributed by atoms with Gasteiger partial charge in [-0.15, -0.1) is 0 Å². The summed E-state index contributed by atoms with van der Waals surface area (Å²) in [6.45, 7) is 0.135. The van der Waals surface area contributed by atoms with Crippen LogP contribution in [-0.4, -0.2) is 9.55 Å². The summed E-state index contributed by atoms with van der Waals surface area (Å²) in [5, 5.41) is 9.70. The molecule has 0 aliphatic rings. The maximum atomic E-state index is 13.8. The average molecular weight is 383 g/mol. The zero-order valence-electron chi connectivity index (χ0n) is 15.8. The molecule has 1 heterocycles. The molecule has 0 aliphatic carbocycles. The van der Waals surface area contributed by atoms with Crippen molar-refractivity contribution in [3.05, 3.63) is 95.6 Å². The van der Waals surface area contributed by atoms with E-state index in [0.717, 1.165) is 16.6 Å². The lowest BCUT2D eigenvalue weighted by atomic mass is 10.1. The second kappa shape index (κ2) is 7.99. The molecule has 0 aliphatic heterocycles. The Balaban J connectivity index is 1.61. The number of hydrogen-bond donors (Lipinski definition) is 0. The van der Waals surface area contributed by atoms with E-state index in [0.29, 0.717) is 22.7 Å². The van der Waals surface area contributed by atoms with E-state index in [1.165, 1.54) is 6.07 Å². The Labute approximate surface area is 168 Å². The Hall–Kier alpha value is -3.91. The molecule has 29 heavy (non-hydrogen) atoms. The monoisotopic (exact) mass is 383 g/mol. The Morgan fingerprint density at radius 2 is 1.90 bits per heavy atom. The first kappa shape index (κ1) is 18.5. The van der Waals surface area contributed by atoms with Crippen LogP contribution in [0.2, 0.25) is 0 Å². The molecule has 0 atom stereocenters. The van der Waals surface area contributed by atoms with Gasteiger partial charge >= 0.3 is 0 Å². The third kappa shape index (κ3) is 3.87. The Morgan fingerprint density at radius 1 is 1.10 bits per heavy atom. The molecule has 4 rings (SSSR count). The molecular weight excluding hydrogens is 365 g/mol. The van der Waals surface area contributed by atoms with Gasteiger partial charge in [0.1, 0.15) is 24.2 Å². The summed E-state index contributed by atoms with van der Waals surface area (Å²) in [5.41, 5.74) is 3.55. The maximum Gasteiger partial charge on any atom is 0.151 e. The van der Waals surface area contributed by atoms with Crippen LogP contribution >= 0.6 is 0 Å². The summed E-state index contributed by atoms with van der Waals surface area (Å²) < 4.78 is 21.4. The highest BCUT2D eigenvalue weighted by molar-refractivity contribution is 5.90. The molecule has 0 N–H and O–H groups in total. The van der Waals surface area contributed by atoms with Crippen LogP contribution < -0.4 is 4.74 Å². The van der Waals surface area contributed by atoms with Gasteiger partial charge in [-0.2, -0.15) is 5.26 Å². The Bertz CT molecular complexity index is 1250. The lowest BCUT2D eigenvalue weighted by Crippen LogP contribution is -1.98. The van der Waals surface area contributed by atoms with Crippen molar-refractivity contribution in [1.29, 1.82) is 5.26 Å². The van der Waals surface area contributed by atoms with E-state index in [2.05, 4.69) is 11.1 Å². The van der Waals surface area contributed by atoms with E-state index >= 15 is 0 Å². The van der Waals surface area contributed by atoms with Crippen molar-refractivity contribution >= 4 is 22.7 Å². The number of allylic oxidation sites excluding steroid dienone is 1. The van der Waals surface area contributed by atoms with Crippen molar-refractivity contribution in [2.24, 2.45) is 7.05 Å². The van der Waals surface area contributed by atoms with Crippen LogP contribution in [0.5, 0.6) is 5.75 Å². The number of hydrogen-bond acceptors (Lipinski definition) is 3. The third-order valence-corrected chi connectivity index (χ3v) is 4.67. The number of benzene rings is 3. The number of halogens is 1. The van der Waals surface area contributed by atoms with Crippen molar-refractivity contribution in [3.63, 3.8) is 0 Å². The van der Waals surface area contributed by atoms with Crippen LogP contribution in [0, 0.1) is 17.1 Å².